The van der Waals surface area contributed by atoms with Gasteiger partial charge in [0.2, 0.25) is 0 Å². The Kier molecular flexibility index (Phi) is 3.46. The van der Waals surface area contributed by atoms with Gasteiger partial charge < -0.3 is 15.0 Å². The van der Waals surface area contributed by atoms with Crippen LogP contribution in [0.4, 0.5) is 15.8 Å². The van der Waals surface area contributed by atoms with Crippen molar-refractivity contribution in [3.8, 4) is 5.75 Å². The van der Waals surface area contributed by atoms with Crippen LogP contribution in [0, 0.1) is 5.82 Å². The predicted molar refractivity (Wildman–Crippen MR) is 79.0 cm³/mol. The molecule has 0 spiro atoms. The van der Waals surface area contributed by atoms with Crippen molar-refractivity contribution in [3.63, 3.8) is 0 Å². The van der Waals surface area contributed by atoms with Gasteiger partial charge in [-0.15, -0.1) is 0 Å². The van der Waals surface area contributed by atoms with E-state index in [-0.39, 0.29) is 11.9 Å². The fourth-order valence-electron chi connectivity index (χ4n) is 2.43. The van der Waals surface area contributed by atoms with E-state index in [2.05, 4.69) is 5.32 Å². The number of nitrogens with zero attached hydrogens (tertiary/aromatic N) is 1. The predicted octanol–water partition coefficient (Wildman–Crippen LogP) is 3.14. The highest BCUT2D eigenvalue weighted by atomic mass is 19.1. The molecule has 20 heavy (non-hydrogen) atoms. The topological polar surface area (TPSA) is 24.5 Å². The van der Waals surface area contributed by atoms with Crippen molar-refractivity contribution < 1.29 is 9.13 Å². The highest BCUT2D eigenvalue weighted by Crippen LogP contribution is 2.28. The summed E-state index contributed by atoms with van der Waals surface area (Å²) in [5.74, 6) is 0.643. The zero-order valence-corrected chi connectivity index (χ0v) is 11.3. The Labute approximate surface area is 118 Å². The Morgan fingerprint density at radius 1 is 1.20 bits per heavy atom. The average molecular weight is 272 g/mol. The number of hydrogen-bond donors (Lipinski definition) is 1. The summed E-state index contributed by atoms with van der Waals surface area (Å²) in [6, 6.07) is 14.6. The molecule has 1 atom stereocenters. The second-order valence-corrected chi connectivity index (χ2v) is 4.95. The van der Waals surface area contributed by atoms with Crippen molar-refractivity contribution in [2.24, 2.45) is 0 Å². The van der Waals surface area contributed by atoms with E-state index in [1.54, 1.807) is 12.1 Å². The highest BCUT2D eigenvalue weighted by molar-refractivity contribution is 5.58. The molecule has 1 aliphatic rings. The van der Waals surface area contributed by atoms with Gasteiger partial charge in [0.05, 0.1) is 24.5 Å². The lowest BCUT2D eigenvalue weighted by molar-refractivity contribution is 0.212. The van der Waals surface area contributed by atoms with Crippen molar-refractivity contribution in [3.05, 3.63) is 54.3 Å². The molecule has 104 valence electrons. The third-order valence-corrected chi connectivity index (χ3v) is 3.44. The molecule has 2 aromatic rings. The molecule has 0 saturated carbocycles. The lowest BCUT2D eigenvalue weighted by atomic mass is 10.2. The Morgan fingerprint density at radius 2 is 1.95 bits per heavy atom. The van der Waals surface area contributed by atoms with Crippen LogP contribution in [0.3, 0.4) is 0 Å². The Morgan fingerprint density at radius 3 is 2.80 bits per heavy atom. The summed E-state index contributed by atoms with van der Waals surface area (Å²) in [7, 11) is 1.88. The number of anilines is 2. The van der Waals surface area contributed by atoms with Gasteiger partial charge in [-0.3, -0.25) is 0 Å². The SMILES string of the molecule is CN(CC1CNc2ccccc2O1)c1ccccc1F. The molecule has 1 aliphatic heterocycles. The van der Waals surface area contributed by atoms with Gasteiger partial charge >= 0.3 is 0 Å². The molecule has 0 radical (unpaired) electrons. The smallest absolute Gasteiger partial charge is 0.146 e. The molecular formula is C16H17FN2O. The number of likely N-dealkylation sites (N-methyl/N-ethyl adjacent to an activating group) is 1. The van der Waals surface area contributed by atoms with Gasteiger partial charge in [-0.05, 0) is 24.3 Å². The molecule has 4 heteroatoms. The van der Waals surface area contributed by atoms with Crippen LogP contribution in [0.15, 0.2) is 48.5 Å². The molecule has 0 bridgehead atoms. The Hall–Kier alpha value is -2.23. The van der Waals surface area contributed by atoms with Crippen LogP contribution >= 0.6 is 0 Å². The standard InChI is InChI=1S/C16H17FN2O/c1-19(15-8-4-2-6-13(15)17)11-12-10-18-14-7-3-5-9-16(14)20-12/h2-9,12,18H,10-11H2,1H3. The first-order valence-corrected chi connectivity index (χ1v) is 6.69. The van der Waals surface area contributed by atoms with Crippen molar-refractivity contribution in [1.29, 1.82) is 0 Å². The van der Waals surface area contributed by atoms with E-state index >= 15 is 0 Å². The van der Waals surface area contributed by atoms with Gasteiger partial charge in [0.15, 0.2) is 0 Å². The molecule has 0 fully saturated rings. The second kappa shape index (κ2) is 5.41. The molecule has 3 nitrogen and oxygen atoms in total. The number of ether oxygens (including phenoxy) is 1. The van der Waals surface area contributed by atoms with Crippen LogP contribution in [0.25, 0.3) is 0 Å². The zero-order valence-electron chi connectivity index (χ0n) is 11.3. The average Bonchev–Trinajstić information content (AvgIpc) is 2.47. The van der Waals surface area contributed by atoms with Crippen molar-refractivity contribution in [2.75, 3.05) is 30.4 Å². The summed E-state index contributed by atoms with van der Waals surface area (Å²) in [4.78, 5) is 1.88. The Bertz CT molecular complexity index is 603. The number of hydrogen-bond acceptors (Lipinski definition) is 3. The lowest BCUT2D eigenvalue weighted by Crippen LogP contribution is -2.40. The number of nitrogens with one attached hydrogen (secondary N) is 1. The largest absolute Gasteiger partial charge is 0.485 e. The van der Waals surface area contributed by atoms with Crippen LogP contribution in [0.5, 0.6) is 5.75 Å². The van der Waals surface area contributed by atoms with Gasteiger partial charge in [-0.1, -0.05) is 24.3 Å². The zero-order chi connectivity index (χ0) is 13.9. The summed E-state index contributed by atoms with van der Waals surface area (Å²) in [6.45, 7) is 1.35. The van der Waals surface area contributed by atoms with Crippen LogP contribution in [0.2, 0.25) is 0 Å². The number of fused-ring (bicyclic) bond motifs is 1. The molecule has 1 heterocycles. The van der Waals surface area contributed by atoms with Gasteiger partial charge in [-0.2, -0.15) is 0 Å². The van der Waals surface area contributed by atoms with E-state index < -0.39 is 0 Å². The number of para-hydroxylation sites is 3. The maximum Gasteiger partial charge on any atom is 0.146 e. The summed E-state index contributed by atoms with van der Waals surface area (Å²) >= 11 is 0. The third kappa shape index (κ3) is 2.54. The second-order valence-electron chi connectivity index (χ2n) is 4.95. The van der Waals surface area contributed by atoms with Gasteiger partial charge in [-0.25, -0.2) is 4.39 Å². The summed E-state index contributed by atoms with van der Waals surface area (Å²) in [5, 5.41) is 3.34. The maximum atomic E-state index is 13.7. The molecule has 1 unspecified atom stereocenters. The van der Waals surface area contributed by atoms with E-state index in [4.69, 9.17) is 4.74 Å². The van der Waals surface area contributed by atoms with Crippen molar-refractivity contribution in [1.82, 2.24) is 0 Å². The minimum atomic E-state index is -0.209. The third-order valence-electron chi connectivity index (χ3n) is 3.44. The monoisotopic (exact) mass is 272 g/mol. The molecule has 0 aliphatic carbocycles. The minimum Gasteiger partial charge on any atom is -0.485 e. The molecular weight excluding hydrogens is 255 g/mol. The fraction of sp³-hybridized carbons (Fsp3) is 0.250. The maximum absolute atomic E-state index is 13.7. The molecule has 0 amide bonds. The number of rotatable bonds is 3. The minimum absolute atomic E-state index is 0.00509. The van der Waals surface area contributed by atoms with Crippen LogP contribution in [0.1, 0.15) is 0 Å². The quantitative estimate of drug-likeness (QED) is 0.929. The number of benzene rings is 2. The Balaban J connectivity index is 1.69. The van der Waals surface area contributed by atoms with Crippen molar-refractivity contribution in [2.45, 2.75) is 6.10 Å². The molecule has 0 aromatic heterocycles. The van der Waals surface area contributed by atoms with E-state index in [0.717, 1.165) is 18.0 Å². The highest BCUT2D eigenvalue weighted by Gasteiger charge is 2.21. The summed E-state index contributed by atoms with van der Waals surface area (Å²) < 4.78 is 19.7. The first-order valence-electron chi connectivity index (χ1n) is 6.69. The van der Waals surface area contributed by atoms with E-state index in [9.17, 15) is 4.39 Å². The molecule has 1 N–H and O–H groups in total. The normalized spacial score (nSPS) is 16.8. The fourth-order valence-corrected chi connectivity index (χ4v) is 2.43. The van der Waals surface area contributed by atoms with E-state index in [1.807, 2.05) is 42.3 Å². The van der Waals surface area contributed by atoms with E-state index in [0.29, 0.717) is 12.2 Å². The van der Waals surface area contributed by atoms with Gasteiger partial charge in [0.25, 0.3) is 0 Å². The number of halogens is 1. The first-order chi connectivity index (χ1) is 9.74. The summed E-state index contributed by atoms with van der Waals surface area (Å²) in [5.41, 5.74) is 1.60. The first kappa shape index (κ1) is 12.8. The van der Waals surface area contributed by atoms with Gasteiger partial charge in [0.1, 0.15) is 17.7 Å². The van der Waals surface area contributed by atoms with Crippen LogP contribution in [-0.2, 0) is 0 Å². The molecule has 3 rings (SSSR count). The molecule has 2 aromatic carbocycles. The molecule has 0 saturated heterocycles. The van der Waals surface area contributed by atoms with Crippen molar-refractivity contribution >= 4 is 11.4 Å². The van der Waals surface area contributed by atoms with Gasteiger partial charge in [0, 0.05) is 7.05 Å². The van der Waals surface area contributed by atoms with Crippen LogP contribution < -0.4 is 15.0 Å². The summed E-state index contributed by atoms with van der Waals surface area (Å²) in [6.07, 6.45) is -0.00509. The van der Waals surface area contributed by atoms with E-state index in [1.165, 1.54) is 6.07 Å². The lowest BCUT2D eigenvalue weighted by Gasteiger charge is -2.31. The van der Waals surface area contributed by atoms with Crippen LogP contribution in [-0.4, -0.2) is 26.2 Å².